The van der Waals surface area contributed by atoms with Crippen LogP contribution in [-0.4, -0.2) is 15.0 Å². The van der Waals surface area contributed by atoms with E-state index in [0.717, 1.165) is 21.3 Å². The molecule has 0 fully saturated rings. The molecule has 0 aliphatic carbocycles. The van der Waals surface area contributed by atoms with E-state index < -0.39 is 0 Å². The molecular weight excluding hydrogens is 288 g/mol. The standard InChI is InChI=1S/C8H6N2O.C8H6N2.2CH4/c11-10-6-2-3-7-8(10)4-1-5-9-7;1-3-7-8(9-5-1)4-2-6-10-7;;/h1-6H;1-6H;2*1H4. The lowest BCUT2D eigenvalue weighted by Gasteiger charge is -1.97. The zero-order chi connectivity index (χ0) is 14.5. The van der Waals surface area contributed by atoms with Crippen molar-refractivity contribution in [1.82, 2.24) is 15.0 Å². The second-order valence-corrected chi connectivity index (χ2v) is 4.29. The summed E-state index contributed by atoms with van der Waals surface area (Å²) in [6.07, 6.45) is 6.67. The highest BCUT2D eigenvalue weighted by atomic mass is 16.5. The van der Waals surface area contributed by atoms with Gasteiger partial charge in [-0.3, -0.25) is 9.97 Å². The third kappa shape index (κ3) is 4.20. The van der Waals surface area contributed by atoms with Gasteiger partial charge in [-0.2, -0.15) is 4.73 Å². The number of hydrogen-bond donors (Lipinski definition) is 0. The minimum Gasteiger partial charge on any atom is -0.618 e. The Morgan fingerprint density at radius 2 is 1.13 bits per heavy atom. The fourth-order valence-corrected chi connectivity index (χ4v) is 1.92. The van der Waals surface area contributed by atoms with Crippen LogP contribution in [0.4, 0.5) is 0 Å². The predicted octanol–water partition coefficient (Wildman–Crippen LogP) is 3.77. The van der Waals surface area contributed by atoms with Gasteiger partial charge in [-0.25, -0.2) is 4.98 Å². The lowest BCUT2D eigenvalue weighted by Crippen LogP contribution is -2.25. The molecule has 0 atom stereocenters. The van der Waals surface area contributed by atoms with Crippen molar-refractivity contribution in [2.24, 2.45) is 0 Å². The SMILES string of the molecule is C.C.[O-][n+]1cccc2ncccc21.c1cnc2cccnc2c1. The fraction of sp³-hybridized carbons (Fsp3) is 0.111. The first-order chi connectivity index (χ1) is 10.3. The summed E-state index contributed by atoms with van der Waals surface area (Å²) >= 11 is 0. The molecule has 23 heavy (non-hydrogen) atoms. The highest BCUT2D eigenvalue weighted by Gasteiger charge is 1.99. The van der Waals surface area contributed by atoms with E-state index in [0.29, 0.717) is 5.52 Å². The molecule has 0 bridgehead atoms. The van der Waals surface area contributed by atoms with Crippen LogP contribution in [0.3, 0.4) is 0 Å². The van der Waals surface area contributed by atoms with Gasteiger partial charge in [0.25, 0.3) is 0 Å². The zero-order valence-electron chi connectivity index (χ0n) is 11.1. The molecule has 0 amide bonds. The summed E-state index contributed by atoms with van der Waals surface area (Å²) in [5.74, 6) is 0. The van der Waals surface area contributed by atoms with Gasteiger partial charge in [-0.1, -0.05) is 14.9 Å². The lowest BCUT2D eigenvalue weighted by atomic mass is 10.3. The van der Waals surface area contributed by atoms with Crippen LogP contribution in [-0.2, 0) is 0 Å². The molecule has 4 rings (SSSR count). The summed E-state index contributed by atoms with van der Waals surface area (Å²) in [5, 5.41) is 11.1. The van der Waals surface area contributed by atoms with Gasteiger partial charge in [-0.15, -0.1) is 0 Å². The molecular formula is C18H20N4O. The van der Waals surface area contributed by atoms with Gasteiger partial charge >= 0.3 is 0 Å². The van der Waals surface area contributed by atoms with Crippen molar-refractivity contribution in [1.29, 1.82) is 0 Å². The van der Waals surface area contributed by atoms with Crippen molar-refractivity contribution >= 4 is 22.1 Å². The summed E-state index contributed by atoms with van der Waals surface area (Å²) in [6, 6.07) is 14.6. The molecule has 0 aliphatic heterocycles. The molecule has 0 aromatic carbocycles. The summed E-state index contributed by atoms with van der Waals surface area (Å²) in [5.41, 5.74) is 3.23. The number of rotatable bonds is 0. The highest BCUT2D eigenvalue weighted by molar-refractivity contribution is 5.72. The highest BCUT2D eigenvalue weighted by Crippen LogP contribution is 2.04. The van der Waals surface area contributed by atoms with Crippen LogP contribution in [0.2, 0.25) is 0 Å². The van der Waals surface area contributed by atoms with Crippen LogP contribution >= 0.6 is 0 Å². The Morgan fingerprint density at radius 1 is 0.652 bits per heavy atom. The second-order valence-electron chi connectivity index (χ2n) is 4.29. The Hall–Kier alpha value is -3.08. The quantitative estimate of drug-likeness (QED) is 0.366. The normalized spacial score (nSPS) is 9.22. The first-order valence-electron chi connectivity index (χ1n) is 6.43. The van der Waals surface area contributed by atoms with Crippen LogP contribution in [0.1, 0.15) is 14.9 Å². The smallest absolute Gasteiger partial charge is 0.242 e. The summed E-state index contributed by atoms with van der Waals surface area (Å²) in [6.45, 7) is 0. The summed E-state index contributed by atoms with van der Waals surface area (Å²) in [4.78, 5) is 12.3. The van der Waals surface area contributed by atoms with E-state index in [4.69, 9.17) is 0 Å². The van der Waals surface area contributed by atoms with Gasteiger partial charge in [0.15, 0.2) is 6.20 Å². The van der Waals surface area contributed by atoms with Crippen molar-refractivity contribution in [2.75, 3.05) is 0 Å². The van der Waals surface area contributed by atoms with E-state index in [1.54, 1.807) is 36.8 Å². The zero-order valence-corrected chi connectivity index (χ0v) is 11.1. The lowest BCUT2D eigenvalue weighted by molar-refractivity contribution is -0.577. The average molecular weight is 308 g/mol. The van der Waals surface area contributed by atoms with E-state index in [2.05, 4.69) is 15.0 Å². The molecule has 0 radical (unpaired) electrons. The van der Waals surface area contributed by atoms with Crippen LogP contribution in [0.5, 0.6) is 0 Å². The van der Waals surface area contributed by atoms with Crippen LogP contribution < -0.4 is 4.73 Å². The maximum atomic E-state index is 11.1. The first-order valence-corrected chi connectivity index (χ1v) is 6.43. The summed E-state index contributed by atoms with van der Waals surface area (Å²) < 4.78 is 0.808. The fourth-order valence-electron chi connectivity index (χ4n) is 1.92. The van der Waals surface area contributed by atoms with Crippen LogP contribution in [0, 0.1) is 5.21 Å². The number of pyridine rings is 4. The van der Waals surface area contributed by atoms with Gasteiger partial charge in [0.05, 0.1) is 11.0 Å². The van der Waals surface area contributed by atoms with Gasteiger partial charge in [0.1, 0.15) is 5.52 Å². The van der Waals surface area contributed by atoms with Gasteiger partial charge in [0, 0.05) is 30.7 Å². The third-order valence-corrected chi connectivity index (χ3v) is 2.90. The van der Waals surface area contributed by atoms with E-state index in [1.807, 2.05) is 30.3 Å². The first kappa shape index (κ1) is 18.0. The molecule has 4 aromatic rings. The molecule has 118 valence electrons. The Kier molecular flexibility index (Phi) is 6.55. The van der Waals surface area contributed by atoms with E-state index in [-0.39, 0.29) is 14.9 Å². The maximum Gasteiger partial charge on any atom is 0.242 e. The van der Waals surface area contributed by atoms with Crippen LogP contribution in [0.25, 0.3) is 22.1 Å². The Labute approximate surface area is 135 Å². The van der Waals surface area contributed by atoms with Crippen LogP contribution in [0.15, 0.2) is 73.3 Å². The molecule has 0 spiro atoms. The van der Waals surface area contributed by atoms with E-state index in [1.165, 1.54) is 6.20 Å². The molecule has 0 aliphatic rings. The Morgan fingerprint density at radius 3 is 1.70 bits per heavy atom. The average Bonchev–Trinajstić information content (AvgIpc) is 2.56. The molecule has 4 heterocycles. The van der Waals surface area contributed by atoms with Crippen molar-refractivity contribution in [3.05, 3.63) is 78.5 Å². The van der Waals surface area contributed by atoms with Crippen molar-refractivity contribution in [2.45, 2.75) is 14.9 Å². The van der Waals surface area contributed by atoms with E-state index >= 15 is 0 Å². The number of aromatic nitrogens is 4. The molecule has 5 heteroatoms. The third-order valence-electron chi connectivity index (χ3n) is 2.90. The maximum absolute atomic E-state index is 11.1. The topological polar surface area (TPSA) is 65.6 Å². The second kappa shape index (κ2) is 8.38. The van der Waals surface area contributed by atoms with Gasteiger partial charge in [0.2, 0.25) is 5.52 Å². The molecule has 0 saturated heterocycles. The van der Waals surface area contributed by atoms with Gasteiger partial charge < -0.3 is 5.21 Å². The molecule has 0 N–H and O–H groups in total. The number of fused-ring (bicyclic) bond motifs is 2. The van der Waals surface area contributed by atoms with Crippen molar-refractivity contribution < 1.29 is 4.73 Å². The Bertz CT molecular complexity index is 810. The number of hydrogen-bond acceptors (Lipinski definition) is 4. The predicted molar refractivity (Wildman–Crippen MR) is 93.7 cm³/mol. The van der Waals surface area contributed by atoms with Gasteiger partial charge in [-0.05, 0) is 36.4 Å². The number of nitrogens with zero attached hydrogens (tertiary/aromatic N) is 4. The Balaban J connectivity index is 0.000000212. The van der Waals surface area contributed by atoms with Crippen molar-refractivity contribution in [3.8, 4) is 0 Å². The van der Waals surface area contributed by atoms with Crippen molar-refractivity contribution in [3.63, 3.8) is 0 Å². The molecule has 5 nitrogen and oxygen atoms in total. The molecule has 4 aromatic heterocycles. The monoisotopic (exact) mass is 308 g/mol. The molecule has 0 saturated carbocycles. The largest absolute Gasteiger partial charge is 0.618 e. The summed E-state index contributed by atoms with van der Waals surface area (Å²) in [7, 11) is 0. The van der Waals surface area contributed by atoms with E-state index in [9.17, 15) is 5.21 Å². The minimum atomic E-state index is 0. The minimum absolute atomic E-state index is 0. The molecule has 0 unspecified atom stereocenters.